The average molecular weight is 196 g/mol. The third kappa shape index (κ3) is 1.49. The van der Waals surface area contributed by atoms with Crippen molar-refractivity contribution in [2.75, 3.05) is 13.1 Å². The summed E-state index contributed by atoms with van der Waals surface area (Å²) in [6.45, 7) is 4.53. The smallest absolute Gasteiger partial charge is 0.245 e. The van der Waals surface area contributed by atoms with Gasteiger partial charge in [0.05, 0.1) is 6.54 Å². The largest absolute Gasteiger partial charge is 0.345 e. The van der Waals surface area contributed by atoms with E-state index in [-0.39, 0.29) is 18.4 Å². The van der Waals surface area contributed by atoms with E-state index in [4.69, 9.17) is 0 Å². The van der Waals surface area contributed by atoms with Gasteiger partial charge in [-0.2, -0.15) is 0 Å². The van der Waals surface area contributed by atoms with Gasteiger partial charge in [0.15, 0.2) is 0 Å². The molecule has 0 aromatic rings. The number of piperazine rings is 1. The molecule has 78 valence electrons. The van der Waals surface area contributed by atoms with E-state index in [1.165, 1.54) is 12.8 Å². The first-order valence-corrected chi connectivity index (χ1v) is 5.10. The van der Waals surface area contributed by atoms with E-state index < -0.39 is 5.54 Å². The lowest BCUT2D eigenvalue weighted by molar-refractivity contribution is -0.151. The van der Waals surface area contributed by atoms with Crippen LogP contribution in [0.25, 0.3) is 0 Å². The number of rotatable bonds is 2. The molecule has 1 saturated heterocycles. The predicted octanol–water partition coefficient (Wildman–Crippen LogP) is 0.133. The zero-order chi connectivity index (χ0) is 10.3. The summed E-state index contributed by atoms with van der Waals surface area (Å²) in [7, 11) is 0. The van der Waals surface area contributed by atoms with Gasteiger partial charge in [0.25, 0.3) is 0 Å². The van der Waals surface area contributed by atoms with E-state index in [1.807, 2.05) is 13.8 Å². The van der Waals surface area contributed by atoms with Crippen LogP contribution in [0.5, 0.6) is 0 Å². The Labute approximate surface area is 83.6 Å². The van der Waals surface area contributed by atoms with Crippen molar-refractivity contribution in [2.24, 2.45) is 5.92 Å². The minimum absolute atomic E-state index is 0.0431. The Balaban J connectivity index is 2.14. The maximum Gasteiger partial charge on any atom is 0.245 e. The van der Waals surface area contributed by atoms with Gasteiger partial charge in [0, 0.05) is 6.54 Å². The molecule has 0 aromatic heterocycles. The SMILES string of the molecule is CC1(C)C(=O)NCC(=O)N1CC1CC1. The Morgan fingerprint density at radius 1 is 1.43 bits per heavy atom. The molecule has 1 aliphatic carbocycles. The van der Waals surface area contributed by atoms with Gasteiger partial charge in [-0.15, -0.1) is 0 Å². The highest BCUT2D eigenvalue weighted by atomic mass is 16.2. The molecule has 4 heteroatoms. The molecular weight excluding hydrogens is 180 g/mol. The van der Waals surface area contributed by atoms with Crippen LogP contribution in [-0.2, 0) is 9.59 Å². The second-order valence-electron chi connectivity index (χ2n) is 4.69. The fourth-order valence-corrected chi connectivity index (χ4v) is 1.79. The van der Waals surface area contributed by atoms with E-state index in [0.29, 0.717) is 5.92 Å². The summed E-state index contributed by atoms with van der Waals surface area (Å²) in [6, 6.07) is 0. The molecule has 1 heterocycles. The molecule has 0 spiro atoms. The highest BCUT2D eigenvalue weighted by Crippen LogP contribution is 2.32. The van der Waals surface area contributed by atoms with Crippen LogP contribution < -0.4 is 5.32 Å². The van der Waals surface area contributed by atoms with Crippen LogP contribution >= 0.6 is 0 Å². The van der Waals surface area contributed by atoms with Gasteiger partial charge < -0.3 is 10.2 Å². The van der Waals surface area contributed by atoms with Crippen molar-refractivity contribution >= 4 is 11.8 Å². The molecule has 14 heavy (non-hydrogen) atoms. The predicted molar refractivity (Wildman–Crippen MR) is 51.5 cm³/mol. The van der Waals surface area contributed by atoms with Crippen LogP contribution in [-0.4, -0.2) is 35.3 Å². The minimum atomic E-state index is -0.669. The Hall–Kier alpha value is -1.06. The molecule has 1 aliphatic heterocycles. The monoisotopic (exact) mass is 196 g/mol. The van der Waals surface area contributed by atoms with Gasteiger partial charge in [-0.05, 0) is 32.6 Å². The number of carbonyl (C=O) groups is 2. The fourth-order valence-electron chi connectivity index (χ4n) is 1.79. The molecule has 0 atom stereocenters. The number of nitrogens with zero attached hydrogens (tertiary/aromatic N) is 1. The molecular formula is C10H16N2O2. The zero-order valence-corrected chi connectivity index (χ0v) is 8.67. The Morgan fingerprint density at radius 2 is 2.07 bits per heavy atom. The van der Waals surface area contributed by atoms with Gasteiger partial charge in [0.1, 0.15) is 5.54 Å². The third-order valence-electron chi connectivity index (χ3n) is 3.07. The molecule has 1 N–H and O–H groups in total. The van der Waals surface area contributed by atoms with Gasteiger partial charge in [-0.1, -0.05) is 0 Å². The number of hydrogen-bond donors (Lipinski definition) is 1. The first-order valence-electron chi connectivity index (χ1n) is 5.10. The van der Waals surface area contributed by atoms with E-state index in [0.717, 1.165) is 6.54 Å². The van der Waals surface area contributed by atoms with Crippen molar-refractivity contribution in [3.8, 4) is 0 Å². The van der Waals surface area contributed by atoms with Gasteiger partial charge in [-0.3, -0.25) is 9.59 Å². The Bertz CT molecular complexity index is 282. The van der Waals surface area contributed by atoms with Crippen LogP contribution in [0.15, 0.2) is 0 Å². The number of carbonyl (C=O) groups excluding carboxylic acids is 2. The summed E-state index contributed by atoms with van der Waals surface area (Å²) in [6.07, 6.45) is 2.39. The quantitative estimate of drug-likeness (QED) is 0.682. The second-order valence-corrected chi connectivity index (χ2v) is 4.69. The molecule has 0 aromatic carbocycles. The zero-order valence-electron chi connectivity index (χ0n) is 8.67. The second kappa shape index (κ2) is 2.97. The lowest BCUT2D eigenvalue weighted by Crippen LogP contribution is -2.64. The highest BCUT2D eigenvalue weighted by Gasteiger charge is 2.43. The van der Waals surface area contributed by atoms with Crippen molar-refractivity contribution in [1.29, 1.82) is 0 Å². The molecule has 2 aliphatic rings. The lowest BCUT2D eigenvalue weighted by Gasteiger charge is -2.41. The lowest BCUT2D eigenvalue weighted by atomic mass is 9.98. The molecule has 2 amide bonds. The van der Waals surface area contributed by atoms with Crippen molar-refractivity contribution < 1.29 is 9.59 Å². The summed E-state index contributed by atoms with van der Waals surface area (Å²) >= 11 is 0. The Kier molecular flexibility index (Phi) is 2.01. The van der Waals surface area contributed by atoms with Crippen LogP contribution in [0.3, 0.4) is 0 Å². The molecule has 0 unspecified atom stereocenters. The van der Waals surface area contributed by atoms with Crippen molar-refractivity contribution in [3.63, 3.8) is 0 Å². The van der Waals surface area contributed by atoms with Gasteiger partial charge >= 0.3 is 0 Å². The van der Waals surface area contributed by atoms with Crippen LogP contribution in [0.1, 0.15) is 26.7 Å². The van der Waals surface area contributed by atoms with E-state index in [1.54, 1.807) is 4.90 Å². The minimum Gasteiger partial charge on any atom is -0.345 e. The molecule has 1 saturated carbocycles. The summed E-state index contributed by atoms with van der Waals surface area (Å²) in [5, 5.41) is 2.62. The third-order valence-corrected chi connectivity index (χ3v) is 3.07. The number of hydrogen-bond acceptors (Lipinski definition) is 2. The van der Waals surface area contributed by atoms with Crippen LogP contribution in [0.2, 0.25) is 0 Å². The maximum absolute atomic E-state index is 11.6. The fraction of sp³-hybridized carbons (Fsp3) is 0.800. The Morgan fingerprint density at radius 3 is 2.64 bits per heavy atom. The summed E-state index contributed by atoms with van der Waals surface area (Å²) in [5.74, 6) is 0.628. The highest BCUT2D eigenvalue weighted by molar-refractivity contribution is 5.97. The summed E-state index contributed by atoms with van der Waals surface area (Å²) in [4.78, 5) is 24.9. The van der Waals surface area contributed by atoms with Gasteiger partial charge in [0.2, 0.25) is 11.8 Å². The maximum atomic E-state index is 11.6. The number of amides is 2. The first-order chi connectivity index (χ1) is 6.51. The van der Waals surface area contributed by atoms with E-state index in [2.05, 4.69) is 5.32 Å². The first kappa shape index (κ1) is 9.49. The molecule has 0 bridgehead atoms. The summed E-state index contributed by atoms with van der Waals surface area (Å²) < 4.78 is 0. The van der Waals surface area contributed by atoms with Crippen LogP contribution in [0, 0.1) is 5.92 Å². The molecule has 4 nitrogen and oxygen atoms in total. The molecule has 2 rings (SSSR count). The van der Waals surface area contributed by atoms with Crippen molar-refractivity contribution in [3.05, 3.63) is 0 Å². The standard InChI is InChI=1S/C10H16N2O2/c1-10(2)9(14)11-5-8(13)12(10)6-7-3-4-7/h7H,3-6H2,1-2H3,(H,11,14). The van der Waals surface area contributed by atoms with E-state index >= 15 is 0 Å². The normalized spacial score (nSPS) is 26.3. The topological polar surface area (TPSA) is 49.4 Å². The van der Waals surface area contributed by atoms with E-state index in [9.17, 15) is 9.59 Å². The van der Waals surface area contributed by atoms with Gasteiger partial charge in [-0.25, -0.2) is 0 Å². The van der Waals surface area contributed by atoms with Crippen molar-refractivity contribution in [1.82, 2.24) is 10.2 Å². The number of nitrogens with one attached hydrogen (secondary N) is 1. The average Bonchev–Trinajstić information content (AvgIpc) is 2.90. The molecule has 2 fully saturated rings. The van der Waals surface area contributed by atoms with Crippen molar-refractivity contribution in [2.45, 2.75) is 32.2 Å². The van der Waals surface area contributed by atoms with Crippen LogP contribution in [0.4, 0.5) is 0 Å². The molecule has 0 radical (unpaired) electrons. The summed E-state index contributed by atoms with van der Waals surface area (Å²) in [5.41, 5.74) is -0.669.